The van der Waals surface area contributed by atoms with E-state index < -0.39 is 6.04 Å². The molecule has 2 rings (SSSR count). The molecule has 0 aromatic heterocycles. The zero-order chi connectivity index (χ0) is 13.7. The molecule has 0 radical (unpaired) electrons. The minimum Gasteiger partial charge on any atom is -0.497 e. The first-order chi connectivity index (χ1) is 9.22. The van der Waals surface area contributed by atoms with Gasteiger partial charge in [-0.05, 0) is 37.1 Å². The molecule has 1 fully saturated rings. The second kappa shape index (κ2) is 6.43. The van der Waals surface area contributed by atoms with Gasteiger partial charge in [0.25, 0.3) is 0 Å². The second-order valence-corrected chi connectivity index (χ2v) is 4.50. The number of nitrogens with one attached hydrogen (secondary N) is 1. The van der Waals surface area contributed by atoms with Gasteiger partial charge in [0.2, 0.25) is 0 Å². The van der Waals surface area contributed by atoms with Crippen LogP contribution in [-0.2, 0) is 9.53 Å². The normalized spacial score (nSPS) is 15.7. The van der Waals surface area contributed by atoms with Gasteiger partial charge in [-0.1, -0.05) is 0 Å². The van der Waals surface area contributed by atoms with Crippen LogP contribution >= 0.6 is 0 Å². The highest BCUT2D eigenvalue weighted by molar-refractivity contribution is 5.75. The van der Waals surface area contributed by atoms with Gasteiger partial charge in [0, 0.05) is 6.04 Å². The van der Waals surface area contributed by atoms with Crippen LogP contribution in [0.4, 0.5) is 0 Å². The average Bonchev–Trinajstić information content (AvgIpc) is 3.27. The maximum absolute atomic E-state index is 11.6. The van der Waals surface area contributed by atoms with E-state index >= 15 is 0 Å². The fraction of sp³-hybridized carbons (Fsp3) is 0.500. The number of hydrogen-bond acceptors (Lipinski definition) is 5. The summed E-state index contributed by atoms with van der Waals surface area (Å²) >= 11 is 0. The van der Waals surface area contributed by atoms with E-state index in [0.717, 1.165) is 18.6 Å². The fourth-order valence-electron chi connectivity index (χ4n) is 1.71. The van der Waals surface area contributed by atoms with Crippen LogP contribution in [0.25, 0.3) is 0 Å². The first-order valence-electron chi connectivity index (χ1n) is 6.33. The molecule has 5 nitrogen and oxygen atoms in total. The standard InChI is InChI=1S/C14H19NO4/c1-17-11-5-7-12(8-6-11)19-9-13(14(16)18-2)15-10-3-4-10/h5-8,10,13,15H,3-4,9H2,1-2H3. The van der Waals surface area contributed by atoms with Gasteiger partial charge in [-0.3, -0.25) is 10.1 Å². The quantitative estimate of drug-likeness (QED) is 0.755. The number of hydrogen-bond donors (Lipinski definition) is 1. The molecule has 0 amide bonds. The molecule has 0 aliphatic heterocycles. The van der Waals surface area contributed by atoms with E-state index in [0.29, 0.717) is 11.8 Å². The van der Waals surface area contributed by atoms with E-state index in [2.05, 4.69) is 5.32 Å². The molecule has 1 aliphatic rings. The van der Waals surface area contributed by atoms with Crippen LogP contribution in [0.3, 0.4) is 0 Å². The Balaban J connectivity index is 1.87. The predicted octanol–water partition coefficient (Wildman–Crippen LogP) is 1.37. The zero-order valence-corrected chi connectivity index (χ0v) is 11.2. The number of benzene rings is 1. The van der Waals surface area contributed by atoms with E-state index in [1.54, 1.807) is 7.11 Å². The van der Waals surface area contributed by atoms with Crippen LogP contribution in [0.5, 0.6) is 11.5 Å². The number of esters is 1. The first kappa shape index (κ1) is 13.7. The summed E-state index contributed by atoms with van der Waals surface area (Å²) in [6.07, 6.45) is 2.21. The van der Waals surface area contributed by atoms with Gasteiger partial charge in [0.05, 0.1) is 14.2 Å². The molecule has 1 atom stereocenters. The minimum atomic E-state index is -0.417. The Hall–Kier alpha value is -1.75. The van der Waals surface area contributed by atoms with Gasteiger partial charge in [-0.25, -0.2) is 0 Å². The lowest BCUT2D eigenvalue weighted by atomic mass is 10.3. The predicted molar refractivity (Wildman–Crippen MR) is 70.5 cm³/mol. The molecule has 0 bridgehead atoms. The van der Waals surface area contributed by atoms with Gasteiger partial charge in [-0.15, -0.1) is 0 Å². The van der Waals surface area contributed by atoms with Crippen LogP contribution in [0, 0.1) is 0 Å². The number of methoxy groups -OCH3 is 2. The summed E-state index contributed by atoms with van der Waals surface area (Å²) in [5.74, 6) is 1.18. The molecule has 104 valence electrons. The lowest BCUT2D eigenvalue weighted by molar-refractivity contribution is -0.144. The molecule has 1 aromatic carbocycles. The molecule has 1 unspecified atom stereocenters. The Bertz CT molecular complexity index is 414. The Morgan fingerprint density at radius 1 is 1.26 bits per heavy atom. The van der Waals surface area contributed by atoms with Crippen molar-refractivity contribution >= 4 is 5.97 Å². The Morgan fingerprint density at radius 2 is 1.89 bits per heavy atom. The van der Waals surface area contributed by atoms with Gasteiger partial charge in [0.1, 0.15) is 24.1 Å². The van der Waals surface area contributed by atoms with Crippen LogP contribution in [-0.4, -0.2) is 38.9 Å². The molecule has 19 heavy (non-hydrogen) atoms. The van der Waals surface area contributed by atoms with Crippen LogP contribution in [0.1, 0.15) is 12.8 Å². The maximum Gasteiger partial charge on any atom is 0.326 e. The van der Waals surface area contributed by atoms with Gasteiger partial charge < -0.3 is 14.2 Å². The molecule has 0 saturated heterocycles. The Labute approximate surface area is 112 Å². The summed E-state index contributed by atoms with van der Waals surface area (Å²) in [5, 5.41) is 3.21. The fourth-order valence-corrected chi connectivity index (χ4v) is 1.71. The van der Waals surface area contributed by atoms with Crippen molar-refractivity contribution in [1.82, 2.24) is 5.32 Å². The second-order valence-electron chi connectivity index (χ2n) is 4.50. The summed E-state index contributed by atoms with van der Waals surface area (Å²) in [5.41, 5.74) is 0. The van der Waals surface area contributed by atoms with E-state index in [1.807, 2.05) is 24.3 Å². The van der Waals surface area contributed by atoms with Crippen molar-refractivity contribution in [2.75, 3.05) is 20.8 Å². The topological polar surface area (TPSA) is 56.8 Å². The van der Waals surface area contributed by atoms with Crippen LogP contribution in [0.2, 0.25) is 0 Å². The molecule has 1 aromatic rings. The molecule has 1 saturated carbocycles. The highest BCUT2D eigenvalue weighted by Gasteiger charge is 2.29. The highest BCUT2D eigenvalue weighted by atomic mass is 16.5. The van der Waals surface area contributed by atoms with Gasteiger partial charge in [0.15, 0.2) is 0 Å². The zero-order valence-electron chi connectivity index (χ0n) is 11.2. The molecule has 0 heterocycles. The maximum atomic E-state index is 11.6. The monoisotopic (exact) mass is 265 g/mol. The molecule has 5 heteroatoms. The lowest BCUT2D eigenvalue weighted by Gasteiger charge is -2.17. The summed E-state index contributed by atoms with van der Waals surface area (Å²) in [4.78, 5) is 11.6. The van der Waals surface area contributed by atoms with Crippen molar-refractivity contribution in [1.29, 1.82) is 0 Å². The molecular formula is C14H19NO4. The van der Waals surface area contributed by atoms with E-state index in [9.17, 15) is 4.79 Å². The molecule has 1 aliphatic carbocycles. The number of ether oxygens (including phenoxy) is 3. The summed E-state index contributed by atoms with van der Waals surface area (Å²) < 4.78 is 15.4. The van der Waals surface area contributed by atoms with E-state index in [4.69, 9.17) is 14.2 Å². The third-order valence-corrected chi connectivity index (χ3v) is 2.98. The van der Waals surface area contributed by atoms with Crippen molar-refractivity contribution in [2.45, 2.75) is 24.9 Å². The average molecular weight is 265 g/mol. The lowest BCUT2D eigenvalue weighted by Crippen LogP contribution is -2.43. The van der Waals surface area contributed by atoms with Crippen molar-refractivity contribution in [3.05, 3.63) is 24.3 Å². The molecular weight excluding hydrogens is 246 g/mol. The largest absolute Gasteiger partial charge is 0.497 e. The van der Waals surface area contributed by atoms with Crippen LogP contribution in [0.15, 0.2) is 24.3 Å². The number of carbonyl (C=O) groups excluding carboxylic acids is 1. The van der Waals surface area contributed by atoms with Gasteiger partial charge >= 0.3 is 5.97 Å². The highest BCUT2D eigenvalue weighted by Crippen LogP contribution is 2.20. The third kappa shape index (κ3) is 4.13. The van der Waals surface area contributed by atoms with Gasteiger partial charge in [-0.2, -0.15) is 0 Å². The summed E-state index contributed by atoms with van der Waals surface area (Å²) in [6, 6.07) is 7.26. The van der Waals surface area contributed by atoms with Crippen molar-refractivity contribution in [2.24, 2.45) is 0 Å². The van der Waals surface area contributed by atoms with E-state index in [-0.39, 0.29) is 12.6 Å². The molecule has 0 spiro atoms. The molecule has 1 N–H and O–H groups in total. The minimum absolute atomic E-state index is 0.259. The van der Waals surface area contributed by atoms with Crippen molar-refractivity contribution < 1.29 is 19.0 Å². The number of rotatable bonds is 7. The SMILES string of the molecule is COC(=O)C(COc1ccc(OC)cc1)NC1CC1. The Morgan fingerprint density at radius 3 is 2.42 bits per heavy atom. The summed E-state index contributed by atoms with van der Waals surface area (Å²) in [7, 11) is 3.00. The first-order valence-corrected chi connectivity index (χ1v) is 6.33. The van der Waals surface area contributed by atoms with Crippen LogP contribution < -0.4 is 14.8 Å². The number of carbonyl (C=O) groups is 1. The third-order valence-electron chi connectivity index (χ3n) is 2.98. The van der Waals surface area contributed by atoms with Crippen molar-refractivity contribution in [3.8, 4) is 11.5 Å². The smallest absolute Gasteiger partial charge is 0.326 e. The summed E-state index contributed by atoms with van der Waals surface area (Å²) in [6.45, 7) is 0.259. The van der Waals surface area contributed by atoms with E-state index in [1.165, 1.54) is 7.11 Å². The Kier molecular flexibility index (Phi) is 4.63. The van der Waals surface area contributed by atoms with Crippen molar-refractivity contribution in [3.63, 3.8) is 0 Å².